The van der Waals surface area contributed by atoms with E-state index in [0.29, 0.717) is 6.42 Å². The molecule has 0 N–H and O–H groups in total. The van der Waals surface area contributed by atoms with E-state index >= 15 is 0 Å². The van der Waals surface area contributed by atoms with Crippen molar-refractivity contribution in [2.45, 2.75) is 19.4 Å². The number of carbonyl (C=O) groups excluding carboxylic acids is 1. The van der Waals surface area contributed by atoms with Crippen molar-refractivity contribution in [1.82, 2.24) is 4.90 Å². The van der Waals surface area contributed by atoms with Crippen LogP contribution in [0.15, 0.2) is 42.0 Å². The zero-order valence-corrected chi connectivity index (χ0v) is 9.43. The highest BCUT2D eigenvalue weighted by Gasteiger charge is 2.12. The van der Waals surface area contributed by atoms with Gasteiger partial charge in [0.2, 0.25) is 0 Å². The molecule has 0 saturated heterocycles. The van der Waals surface area contributed by atoms with E-state index in [9.17, 15) is 4.79 Å². The maximum Gasteiger partial charge on any atom is 0.124 e. The van der Waals surface area contributed by atoms with Crippen LogP contribution in [0.1, 0.15) is 18.4 Å². The van der Waals surface area contributed by atoms with Crippen LogP contribution in [0.3, 0.4) is 0 Å². The smallest absolute Gasteiger partial charge is 0.124 e. The van der Waals surface area contributed by atoms with Crippen LogP contribution in [0.2, 0.25) is 0 Å². The molecule has 1 heterocycles. The largest absolute Gasteiger partial charge is 0.303 e. The molecule has 1 aromatic rings. The Morgan fingerprint density at radius 2 is 2.06 bits per heavy atom. The molecule has 0 bridgehead atoms. The Morgan fingerprint density at radius 1 is 1.25 bits per heavy atom. The summed E-state index contributed by atoms with van der Waals surface area (Å²) in [4.78, 5) is 12.9. The summed E-state index contributed by atoms with van der Waals surface area (Å²) in [7, 11) is 0. The summed E-state index contributed by atoms with van der Waals surface area (Å²) in [5.74, 6) is 0. The van der Waals surface area contributed by atoms with Gasteiger partial charge in [0, 0.05) is 26.1 Å². The Bertz CT molecular complexity index is 370. The summed E-state index contributed by atoms with van der Waals surface area (Å²) in [6.45, 7) is 3.02. The lowest BCUT2D eigenvalue weighted by Gasteiger charge is -2.26. The summed E-state index contributed by atoms with van der Waals surface area (Å²) in [6, 6.07) is 10.5. The van der Waals surface area contributed by atoms with Crippen molar-refractivity contribution < 1.29 is 4.79 Å². The third-order valence-corrected chi connectivity index (χ3v) is 2.90. The van der Waals surface area contributed by atoms with Gasteiger partial charge in [-0.1, -0.05) is 42.0 Å². The zero-order valence-electron chi connectivity index (χ0n) is 9.43. The van der Waals surface area contributed by atoms with Crippen molar-refractivity contribution in [2.75, 3.05) is 13.1 Å². The molecule has 1 aliphatic rings. The molecular weight excluding hydrogens is 198 g/mol. The van der Waals surface area contributed by atoms with Gasteiger partial charge in [-0.25, -0.2) is 0 Å². The number of aldehydes is 1. The van der Waals surface area contributed by atoms with Gasteiger partial charge < -0.3 is 4.79 Å². The molecule has 84 valence electrons. The van der Waals surface area contributed by atoms with Gasteiger partial charge in [0.1, 0.15) is 6.29 Å². The number of hydrogen-bond donors (Lipinski definition) is 0. The third-order valence-electron chi connectivity index (χ3n) is 2.90. The first-order chi connectivity index (χ1) is 7.88. The lowest BCUT2D eigenvalue weighted by atomic mass is 10.1. The van der Waals surface area contributed by atoms with E-state index in [1.54, 1.807) is 0 Å². The summed E-state index contributed by atoms with van der Waals surface area (Å²) in [5, 5.41) is 0. The second-order valence-electron chi connectivity index (χ2n) is 4.22. The standard InChI is InChI=1S/C14H17NO/c16-10-8-14-7-4-9-15(12-14)11-13-5-2-1-3-6-13/h1-3,5-7,10H,4,8-9,11-12H2. The number of benzene rings is 1. The SMILES string of the molecule is O=CCC1=CCCN(Cc2ccccc2)C1. The average Bonchev–Trinajstić information content (AvgIpc) is 2.31. The van der Waals surface area contributed by atoms with Crippen LogP contribution in [0.4, 0.5) is 0 Å². The zero-order chi connectivity index (χ0) is 11.2. The average molecular weight is 215 g/mol. The fourth-order valence-electron chi connectivity index (χ4n) is 2.11. The van der Waals surface area contributed by atoms with Gasteiger partial charge in [0.15, 0.2) is 0 Å². The number of nitrogens with zero attached hydrogens (tertiary/aromatic N) is 1. The predicted octanol–water partition coefficient (Wildman–Crippen LogP) is 2.41. The summed E-state index contributed by atoms with van der Waals surface area (Å²) in [6.07, 6.45) is 4.86. The Hall–Kier alpha value is -1.41. The molecule has 0 radical (unpaired) electrons. The van der Waals surface area contributed by atoms with E-state index in [1.807, 2.05) is 6.07 Å². The minimum Gasteiger partial charge on any atom is -0.303 e. The van der Waals surface area contributed by atoms with Crippen LogP contribution in [0, 0.1) is 0 Å². The minimum atomic E-state index is 0.589. The van der Waals surface area contributed by atoms with E-state index in [-0.39, 0.29) is 0 Å². The second kappa shape index (κ2) is 5.61. The van der Waals surface area contributed by atoms with Crippen molar-refractivity contribution in [3.63, 3.8) is 0 Å². The predicted molar refractivity (Wildman–Crippen MR) is 65.1 cm³/mol. The molecule has 0 atom stereocenters. The lowest BCUT2D eigenvalue weighted by molar-refractivity contribution is -0.107. The molecule has 0 aliphatic carbocycles. The molecule has 2 rings (SSSR count). The van der Waals surface area contributed by atoms with Crippen LogP contribution in [0.25, 0.3) is 0 Å². The minimum absolute atomic E-state index is 0.589. The van der Waals surface area contributed by atoms with Crippen LogP contribution in [-0.2, 0) is 11.3 Å². The van der Waals surface area contributed by atoms with Crippen molar-refractivity contribution in [3.05, 3.63) is 47.5 Å². The van der Waals surface area contributed by atoms with Gasteiger partial charge in [-0.3, -0.25) is 4.90 Å². The van der Waals surface area contributed by atoms with Crippen LogP contribution in [-0.4, -0.2) is 24.3 Å². The van der Waals surface area contributed by atoms with Crippen LogP contribution in [0.5, 0.6) is 0 Å². The van der Waals surface area contributed by atoms with Crippen molar-refractivity contribution in [1.29, 1.82) is 0 Å². The fraction of sp³-hybridized carbons (Fsp3) is 0.357. The summed E-state index contributed by atoms with van der Waals surface area (Å²) >= 11 is 0. The summed E-state index contributed by atoms with van der Waals surface area (Å²) in [5.41, 5.74) is 2.60. The normalized spacial score (nSPS) is 16.9. The fourth-order valence-corrected chi connectivity index (χ4v) is 2.11. The maximum atomic E-state index is 10.5. The van der Waals surface area contributed by atoms with Gasteiger partial charge in [-0.05, 0) is 12.0 Å². The highest BCUT2D eigenvalue weighted by Crippen LogP contribution is 2.14. The summed E-state index contributed by atoms with van der Waals surface area (Å²) < 4.78 is 0. The van der Waals surface area contributed by atoms with Crippen molar-refractivity contribution >= 4 is 6.29 Å². The van der Waals surface area contributed by atoms with Gasteiger partial charge >= 0.3 is 0 Å². The van der Waals surface area contributed by atoms with Gasteiger partial charge in [0.05, 0.1) is 0 Å². The van der Waals surface area contributed by atoms with E-state index in [2.05, 4.69) is 35.2 Å². The molecular formula is C14H17NO. The van der Waals surface area contributed by atoms with Gasteiger partial charge in [0.25, 0.3) is 0 Å². The Balaban J connectivity index is 1.92. The van der Waals surface area contributed by atoms with Gasteiger partial charge in [-0.2, -0.15) is 0 Å². The first-order valence-electron chi connectivity index (χ1n) is 5.76. The molecule has 16 heavy (non-hydrogen) atoms. The first kappa shape index (κ1) is 11.1. The molecule has 0 unspecified atom stereocenters. The van der Waals surface area contributed by atoms with Crippen LogP contribution >= 0.6 is 0 Å². The molecule has 0 spiro atoms. The maximum absolute atomic E-state index is 10.5. The Kier molecular flexibility index (Phi) is 3.89. The van der Waals surface area contributed by atoms with E-state index in [1.165, 1.54) is 11.1 Å². The first-order valence-corrected chi connectivity index (χ1v) is 5.76. The van der Waals surface area contributed by atoms with Gasteiger partial charge in [-0.15, -0.1) is 0 Å². The quantitative estimate of drug-likeness (QED) is 0.568. The third kappa shape index (κ3) is 3.04. The molecule has 0 amide bonds. The highest BCUT2D eigenvalue weighted by molar-refractivity contribution is 5.54. The second-order valence-corrected chi connectivity index (χ2v) is 4.22. The lowest BCUT2D eigenvalue weighted by Crippen LogP contribution is -2.29. The van der Waals surface area contributed by atoms with Crippen molar-refractivity contribution in [3.8, 4) is 0 Å². The van der Waals surface area contributed by atoms with E-state index < -0.39 is 0 Å². The monoisotopic (exact) mass is 215 g/mol. The van der Waals surface area contributed by atoms with E-state index in [0.717, 1.165) is 32.3 Å². The Morgan fingerprint density at radius 3 is 2.81 bits per heavy atom. The topological polar surface area (TPSA) is 20.3 Å². The molecule has 2 heteroatoms. The van der Waals surface area contributed by atoms with E-state index in [4.69, 9.17) is 0 Å². The number of rotatable bonds is 4. The van der Waals surface area contributed by atoms with Crippen molar-refractivity contribution in [2.24, 2.45) is 0 Å². The van der Waals surface area contributed by atoms with Crippen LogP contribution < -0.4 is 0 Å². The molecule has 2 nitrogen and oxygen atoms in total. The molecule has 0 saturated carbocycles. The molecule has 0 aromatic heterocycles. The molecule has 0 fully saturated rings. The number of carbonyl (C=O) groups is 1. The highest BCUT2D eigenvalue weighted by atomic mass is 16.1. The molecule has 1 aromatic carbocycles. The number of hydrogen-bond acceptors (Lipinski definition) is 2. The molecule has 1 aliphatic heterocycles. The Labute approximate surface area is 96.6 Å².